The van der Waals surface area contributed by atoms with Crippen molar-refractivity contribution in [3.05, 3.63) is 69.7 Å². The van der Waals surface area contributed by atoms with Crippen molar-refractivity contribution in [3.8, 4) is 5.75 Å². The minimum absolute atomic E-state index is 0.102. The highest BCUT2D eigenvalue weighted by atomic mass is 35.5. The number of thiazole rings is 1. The van der Waals surface area contributed by atoms with Gasteiger partial charge in [0.2, 0.25) is 10.0 Å². The zero-order valence-electron chi connectivity index (χ0n) is 17.4. The smallest absolute Gasteiger partial charge is 0.246 e. The Bertz CT molecular complexity index is 1170. The predicted molar refractivity (Wildman–Crippen MR) is 125 cm³/mol. The molecule has 0 unspecified atom stereocenters. The van der Waals surface area contributed by atoms with E-state index in [1.54, 1.807) is 23.5 Å². The molecule has 1 aliphatic rings. The fraction of sp³-hybridized carbons (Fsp3) is 0.318. The van der Waals surface area contributed by atoms with Crippen LogP contribution < -0.4 is 9.64 Å². The van der Waals surface area contributed by atoms with Gasteiger partial charge in [0.25, 0.3) is 0 Å². The van der Waals surface area contributed by atoms with Gasteiger partial charge in [0.1, 0.15) is 10.6 Å². The molecular weight excluding hydrogens is 454 g/mol. The second-order valence-corrected chi connectivity index (χ2v) is 10.7. The standard InChI is InChI=1S/C22H24ClN3O3S2/c1-16-4-3-5-17(12-16)13-19-15-30-22(24-19)25-8-10-26(11-9-25)31(27,28)21-14-18(23)6-7-20(21)29-2/h3-7,12,14-15H,8-11,13H2,1-2H3. The lowest BCUT2D eigenvalue weighted by Gasteiger charge is -2.34. The zero-order valence-corrected chi connectivity index (χ0v) is 19.8. The number of aromatic nitrogens is 1. The molecule has 0 radical (unpaired) electrons. The Balaban J connectivity index is 1.43. The van der Waals surface area contributed by atoms with Crippen molar-refractivity contribution in [3.63, 3.8) is 0 Å². The van der Waals surface area contributed by atoms with Crippen molar-refractivity contribution in [2.75, 3.05) is 38.2 Å². The van der Waals surface area contributed by atoms with Gasteiger partial charge in [-0.3, -0.25) is 0 Å². The topological polar surface area (TPSA) is 62.7 Å². The molecule has 1 aromatic heterocycles. The van der Waals surface area contributed by atoms with Gasteiger partial charge in [-0.15, -0.1) is 11.3 Å². The summed E-state index contributed by atoms with van der Waals surface area (Å²) < 4.78 is 33.0. The number of anilines is 1. The molecule has 2 aromatic carbocycles. The van der Waals surface area contributed by atoms with Gasteiger partial charge in [0.15, 0.2) is 5.13 Å². The van der Waals surface area contributed by atoms with Crippen molar-refractivity contribution in [2.45, 2.75) is 18.2 Å². The van der Waals surface area contributed by atoms with Crippen LogP contribution in [-0.2, 0) is 16.4 Å². The third kappa shape index (κ3) is 4.87. The maximum absolute atomic E-state index is 13.2. The highest BCUT2D eigenvalue weighted by Gasteiger charge is 2.31. The molecule has 0 aliphatic carbocycles. The minimum Gasteiger partial charge on any atom is -0.495 e. The van der Waals surface area contributed by atoms with Crippen LogP contribution in [0.3, 0.4) is 0 Å². The number of sulfonamides is 1. The van der Waals surface area contributed by atoms with E-state index in [0.29, 0.717) is 37.0 Å². The number of piperazine rings is 1. The Morgan fingerprint density at radius 2 is 1.90 bits per heavy atom. The quantitative estimate of drug-likeness (QED) is 0.532. The summed E-state index contributed by atoms with van der Waals surface area (Å²) in [7, 11) is -2.24. The van der Waals surface area contributed by atoms with Crippen molar-refractivity contribution < 1.29 is 13.2 Å². The lowest BCUT2D eigenvalue weighted by Crippen LogP contribution is -2.48. The van der Waals surface area contributed by atoms with Crippen LogP contribution >= 0.6 is 22.9 Å². The number of methoxy groups -OCH3 is 1. The fourth-order valence-electron chi connectivity index (χ4n) is 3.66. The van der Waals surface area contributed by atoms with E-state index >= 15 is 0 Å². The number of nitrogens with zero attached hydrogens (tertiary/aromatic N) is 3. The Labute approximate surface area is 192 Å². The molecule has 3 aromatic rings. The number of ether oxygens (including phenoxy) is 1. The first kappa shape index (κ1) is 22.1. The molecule has 4 rings (SSSR count). The van der Waals surface area contributed by atoms with Gasteiger partial charge in [-0.25, -0.2) is 13.4 Å². The maximum atomic E-state index is 13.2. The number of benzene rings is 2. The summed E-state index contributed by atoms with van der Waals surface area (Å²) in [5.74, 6) is 0.299. The monoisotopic (exact) mass is 477 g/mol. The van der Waals surface area contributed by atoms with Crippen LogP contribution in [0.5, 0.6) is 5.75 Å². The summed E-state index contributed by atoms with van der Waals surface area (Å²) >= 11 is 7.64. The van der Waals surface area contributed by atoms with E-state index in [2.05, 4.69) is 41.5 Å². The van der Waals surface area contributed by atoms with Gasteiger partial charge < -0.3 is 9.64 Å². The molecule has 6 nitrogen and oxygen atoms in total. The SMILES string of the molecule is COc1ccc(Cl)cc1S(=O)(=O)N1CCN(c2nc(Cc3cccc(C)c3)cs2)CC1. The molecular formula is C22H24ClN3O3S2. The molecule has 1 aliphatic heterocycles. The van der Waals surface area contributed by atoms with Gasteiger partial charge in [-0.2, -0.15) is 4.31 Å². The third-order valence-corrected chi connectivity index (χ3v) is 8.37. The Hall–Kier alpha value is -2.13. The van der Waals surface area contributed by atoms with Crippen LogP contribution in [-0.4, -0.2) is 51.0 Å². The number of halogens is 1. The molecule has 0 N–H and O–H groups in total. The van der Waals surface area contributed by atoms with Crippen molar-refractivity contribution in [1.82, 2.24) is 9.29 Å². The summed E-state index contributed by atoms with van der Waals surface area (Å²) in [6, 6.07) is 13.1. The highest BCUT2D eigenvalue weighted by Crippen LogP contribution is 2.31. The predicted octanol–water partition coefficient (Wildman–Crippen LogP) is 4.22. The van der Waals surface area contributed by atoms with Gasteiger partial charge in [-0.1, -0.05) is 41.4 Å². The molecule has 1 fully saturated rings. The van der Waals surface area contributed by atoms with E-state index < -0.39 is 10.0 Å². The van der Waals surface area contributed by atoms with Gasteiger partial charge in [0.05, 0.1) is 12.8 Å². The third-order valence-electron chi connectivity index (χ3n) is 5.26. The number of aryl methyl sites for hydroxylation is 1. The first-order valence-electron chi connectivity index (χ1n) is 9.95. The summed E-state index contributed by atoms with van der Waals surface area (Å²) in [5, 5.41) is 3.37. The summed E-state index contributed by atoms with van der Waals surface area (Å²) in [6.45, 7) is 4.01. The maximum Gasteiger partial charge on any atom is 0.246 e. The van der Waals surface area contributed by atoms with Crippen LogP contribution in [0.15, 0.2) is 52.7 Å². The second kappa shape index (κ2) is 9.16. The Kier molecular flexibility index (Phi) is 6.52. The van der Waals surface area contributed by atoms with Crippen LogP contribution in [0, 0.1) is 6.92 Å². The Morgan fingerprint density at radius 1 is 1.13 bits per heavy atom. The van der Waals surface area contributed by atoms with Crippen LogP contribution in [0.25, 0.3) is 0 Å². The molecule has 2 heterocycles. The summed E-state index contributed by atoms with van der Waals surface area (Å²) in [4.78, 5) is 7.03. The number of hydrogen-bond acceptors (Lipinski definition) is 6. The van der Waals surface area contributed by atoms with Gasteiger partial charge in [-0.05, 0) is 30.7 Å². The second-order valence-electron chi connectivity index (χ2n) is 7.47. The lowest BCUT2D eigenvalue weighted by molar-refractivity contribution is 0.374. The molecule has 0 saturated carbocycles. The normalized spacial score (nSPS) is 15.3. The van der Waals surface area contributed by atoms with E-state index in [9.17, 15) is 8.42 Å². The average Bonchev–Trinajstić information content (AvgIpc) is 3.22. The van der Waals surface area contributed by atoms with E-state index in [4.69, 9.17) is 21.3 Å². The van der Waals surface area contributed by atoms with E-state index in [1.165, 1.54) is 28.6 Å². The largest absolute Gasteiger partial charge is 0.495 e. The molecule has 0 spiro atoms. The van der Waals surface area contributed by atoms with Crippen LogP contribution in [0.2, 0.25) is 5.02 Å². The van der Waals surface area contributed by atoms with Crippen molar-refractivity contribution >= 4 is 38.1 Å². The first-order chi connectivity index (χ1) is 14.9. The lowest BCUT2D eigenvalue weighted by atomic mass is 10.1. The molecule has 0 atom stereocenters. The summed E-state index contributed by atoms with van der Waals surface area (Å²) in [6.07, 6.45) is 0.793. The molecule has 9 heteroatoms. The average molecular weight is 478 g/mol. The van der Waals surface area contributed by atoms with E-state index in [1.807, 2.05) is 0 Å². The van der Waals surface area contributed by atoms with E-state index in [0.717, 1.165) is 17.2 Å². The Morgan fingerprint density at radius 3 is 2.61 bits per heavy atom. The zero-order chi connectivity index (χ0) is 22.0. The molecule has 31 heavy (non-hydrogen) atoms. The summed E-state index contributed by atoms with van der Waals surface area (Å²) in [5.41, 5.74) is 3.51. The van der Waals surface area contributed by atoms with E-state index in [-0.39, 0.29) is 4.90 Å². The van der Waals surface area contributed by atoms with Crippen LogP contribution in [0.4, 0.5) is 5.13 Å². The number of hydrogen-bond donors (Lipinski definition) is 0. The first-order valence-corrected chi connectivity index (χ1v) is 12.6. The van der Waals surface area contributed by atoms with Crippen molar-refractivity contribution in [2.24, 2.45) is 0 Å². The molecule has 0 bridgehead atoms. The van der Waals surface area contributed by atoms with Crippen molar-refractivity contribution in [1.29, 1.82) is 0 Å². The molecule has 1 saturated heterocycles. The molecule has 0 amide bonds. The number of rotatable bonds is 6. The van der Waals surface area contributed by atoms with Gasteiger partial charge in [0, 0.05) is 43.0 Å². The fourth-order valence-corrected chi connectivity index (χ4v) is 6.38. The molecule has 164 valence electrons. The van der Waals surface area contributed by atoms with Gasteiger partial charge >= 0.3 is 0 Å². The minimum atomic E-state index is -3.69. The van der Waals surface area contributed by atoms with Crippen LogP contribution in [0.1, 0.15) is 16.8 Å². The highest BCUT2D eigenvalue weighted by molar-refractivity contribution is 7.89.